The number of hydrogen-bond donors (Lipinski definition) is 1. The Morgan fingerprint density at radius 2 is 1.89 bits per heavy atom. The highest BCUT2D eigenvalue weighted by Gasteiger charge is 2.29. The number of nitrogens with zero attached hydrogens (tertiary/aromatic N) is 4. The zero-order valence-electron chi connectivity index (χ0n) is 16.2. The average Bonchev–Trinajstić information content (AvgIpc) is 3.18. The van der Waals surface area contributed by atoms with E-state index in [1.165, 1.54) is 0 Å². The van der Waals surface area contributed by atoms with Crippen LogP contribution in [0.2, 0.25) is 0 Å². The van der Waals surface area contributed by atoms with Gasteiger partial charge in [0.25, 0.3) is 0 Å². The van der Waals surface area contributed by atoms with Crippen LogP contribution in [0.15, 0.2) is 48.7 Å². The van der Waals surface area contributed by atoms with Crippen LogP contribution in [-0.4, -0.2) is 51.6 Å². The van der Waals surface area contributed by atoms with Crippen LogP contribution in [0.4, 0.5) is 5.69 Å². The number of amides is 1. The van der Waals surface area contributed by atoms with E-state index in [-0.39, 0.29) is 11.9 Å². The molecule has 0 spiro atoms. The predicted molar refractivity (Wildman–Crippen MR) is 108 cm³/mol. The monoisotopic (exact) mass is 379 g/mol. The molecule has 1 fully saturated rings. The van der Waals surface area contributed by atoms with Gasteiger partial charge in [0.15, 0.2) is 5.65 Å². The van der Waals surface area contributed by atoms with Gasteiger partial charge in [-0.25, -0.2) is 0 Å². The molecule has 1 saturated heterocycles. The molecular weight excluding hydrogens is 354 g/mol. The largest absolute Gasteiger partial charge is 0.497 e. The van der Waals surface area contributed by atoms with Crippen LogP contribution in [0.5, 0.6) is 5.75 Å². The maximum absolute atomic E-state index is 12.6. The zero-order valence-corrected chi connectivity index (χ0v) is 16.2. The van der Waals surface area contributed by atoms with Gasteiger partial charge in [-0.1, -0.05) is 6.07 Å². The Hall–Kier alpha value is -2.93. The first-order valence-electron chi connectivity index (χ1n) is 9.64. The fraction of sp³-hybridized carbons (Fsp3) is 0.381. The molecule has 3 heterocycles. The lowest BCUT2D eigenvalue weighted by molar-refractivity contribution is -0.121. The summed E-state index contributed by atoms with van der Waals surface area (Å²) in [6, 6.07) is 13.1. The van der Waals surface area contributed by atoms with Crippen molar-refractivity contribution in [2.75, 3.05) is 25.5 Å². The van der Waals surface area contributed by atoms with Crippen molar-refractivity contribution in [3.63, 3.8) is 0 Å². The van der Waals surface area contributed by atoms with E-state index in [0.29, 0.717) is 5.92 Å². The van der Waals surface area contributed by atoms with Crippen molar-refractivity contribution in [2.24, 2.45) is 0 Å². The first-order valence-corrected chi connectivity index (χ1v) is 9.64. The fourth-order valence-electron chi connectivity index (χ4n) is 3.77. The van der Waals surface area contributed by atoms with Crippen molar-refractivity contribution in [2.45, 2.75) is 31.7 Å². The number of anilines is 1. The summed E-state index contributed by atoms with van der Waals surface area (Å²) in [6.07, 6.45) is 3.95. The van der Waals surface area contributed by atoms with Crippen molar-refractivity contribution in [3.8, 4) is 5.75 Å². The van der Waals surface area contributed by atoms with Gasteiger partial charge < -0.3 is 10.1 Å². The molecule has 1 atom stereocenters. The molecule has 1 aliphatic heterocycles. The average molecular weight is 379 g/mol. The zero-order chi connectivity index (χ0) is 19.5. The van der Waals surface area contributed by atoms with Crippen molar-refractivity contribution < 1.29 is 9.53 Å². The van der Waals surface area contributed by atoms with E-state index in [2.05, 4.69) is 24.8 Å². The number of carbonyl (C=O) groups excluding carboxylic acids is 1. The van der Waals surface area contributed by atoms with Crippen LogP contribution in [-0.2, 0) is 4.79 Å². The summed E-state index contributed by atoms with van der Waals surface area (Å²) in [4.78, 5) is 14.9. The van der Waals surface area contributed by atoms with Gasteiger partial charge in [0, 0.05) is 17.8 Å². The summed E-state index contributed by atoms with van der Waals surface area (Å²) in [7, 11) is 1.63. The summed E-state index contributed by atoms with van der Waals surface area (Å²) in [5.41, 5.74) is 1.66. The summed E-state index contributed by atoms with van der Waals surface area (Å²) in [6.45, 7) is 3.69. The van der Waals surface area contributed by atoms with Gasteiger partial charge in [-0.15, -0.1) is 10.2 Å². The maximum atomic E-state index is 12.6. The van der Waals surface area contributed by atoms with E-state index in [0.717, 1.165) is 48.8 Å². The van der Waals surface area contributed by atoms with Crippen LogP contribution in [0.3, 0.4) is 0 Å². The highest BCUT2D eigenvalue weighted by Crippen LogP contribution is 2.28. The van der Waals surface area contributed by atoms with Gasteiger partial charge in [-0.05, 0) is 69.3 Å². The lowest BCUT2D eigenvalue weighted by atomic mass is 9.95. The second-order valence-electron chi connectivity index (χ2n) is 7.19. The quantitative estimate of drug-likeness (QED) is 0.738. The second kappa shape index (κ2) is 7.98. The van der Waals surface area contributed by atoms with Crippen LogP contribution >= 0.6 is 0 Å². The standard InChI is InChI=1S/C21H25N5O2/c1-15(21(27)22-17-6-8-18(28-2)9-7-17)25-13-10-16(11-14-25)20-24-23-19-5-3-4-12-26(19)20/h3-9,12,15-16H,10-11,13-14H2,1-2H3,(H,22,27)/t15-/m1/s1. The van der Waals surface area contributed by atoms with Gasteiger partial charge in [-0.2, -0.15) is 0 Å². The number of ether oxygens (including phenoxy) is 1. The predicted octanol–water partition coefficient (Wildman–Crippen LogP) is 2.94. The Balaban J connectivity index is 1.35. The van der Waals surface area contributed by atoms with Crippen molar-refractivity contribution in [1.29, 1.82) is 0 Å². The van der Waals surface area contributed by atoms with Crippen LogP contribution in [0.1, 0.15) is 31.5 Å². The molecule has 1 amide bonds. The van der Waals surface area contributed by atoms with Crippen molar-refractivity contribution in [3.05, 3.63) is 54.5 Å². The molecular formula is C21H25N5O2. The summed E-state index contributed by atoms with van der Waals surface area (Å²) in [5.74, 6) is 2.17. The minimum absolute atomic E-state index is 0.0107. The topological polar surface area (TPSA) is 71.8 Å². The van der Waals surface area contributed by atoms with Crippen molar-refractivity contribution in [1.82, 2.24) is 19.5 Å². The number of carbonyl (C=O) groups is 1. The Labute approximate surface area is 164 Å². The molecule has 4 rings (SSSR count). The third-order valence-corrected chi connectivity index (χ3v) is 5.52. The van der Waals surface area contributed by atoms with Crippen LogP contribution in [0.25, 0.3) is 5.65 Å². The SMILES string of the molecule is COc1ccc(NC(=O)[C@@H](C)N2CCC(c3nnc4ccccn34)CC2)cc1. The third kappa shape index (κ3) is 3.71. The molecule has 146 valence electrons. The number of nitrogens with one attached hydrogen (secondary N) is 1. The number of likely N-dealkylation sites (tertiary alicyclic amines) is 1. The minimum atomic E-state index is -0.182. The van der Waals surface area contributed by atoms with Gasteiger partial charge >= 0.3 is 0 Å². The van der Waals surface area contributed by atoms with E-state index in [4.69, 9.17) is 4.74 Å². The fourth-order valence-corrected chi connectivity index (χ4v) is 3.77. The molecule has 7 nitrogen and oxygen atoms in total. The van der Waals surface area contributed by atoms with Gasteiger partial charge in [0.05, 0.1) is 13.2 Å². The molecule has 3 aromatic rings. The molecule has 0 bridgehead atoms. The van der Waals surface area contributed by atoms with E-state index in [1.54, 1.807) is 7.11 Å². The number of fused-ring (bicyclic) bond motifs is 1. The molecule has 28 heavy (non-hydrogen) atoms. The number of rotatable bonds is 5. The highest BCUT2D eigenvalue weighted by atomic mass is 16.5. The first kappa shape index (κ1) is 18.4. The molecule has 7 heteroatoms. The van der Waals surface area contributed by atoms with E-state index in [9.17, 15) is 4.79 Å². The van der Waals surface area contributed by atoms with Gasteiger partial charge in [0.1, 0.15) is 11.6 Å². The van der Waals surface area contributed by atoms with Gasteiger partial charge in [0.2, 0.25) is 5.91 Å². The number of benzene rings is 1. The lowest BCUT2D eigenvalue weighted by Gasteiger charge is -2.34. The Morgan fingerprint density at radius 3 is 2.61 bits per heavy atom. The number of hydrogen-bond acceptors (Lipinski definition) is 5. The van der Waals surface area contributed by atoms with E-state index in [1.807, 2.05) is 55.6 Å². The molecule has 0 radical (unpaired) electrons. The summed E-state index contributed by atoms with van der Waals surface area (Å²) >= 11 is 0. The van der Waals surface area contributed by atoms with E-state index < -0.39 is 0 Å². The van der Waals surface area contributed by atoms with Crippen LogP contribution in [0, 0.1) is 0 Å². The number of piperidine rings is 1. The number of methoxy groups -OCH3 is 1. The summed E-state index contributed by atoms with van der Waals surface area (Å²) in [5, 5.41) is 11.7. The molecule has 2 aromatic heterocycles. The molecule has 1 aliphatic rings. The van der Waals surface area contributed by atoms with Gasteiger partial charge in [-0.3, -0.25) is 14.1 Å². The highest BCUT2D eigenvalue weighted by molar-refractivity contribution is 5.94. The molecule has 0 unspecified atom stereocenters. The Bertz CT molecular complexity index is 945. The Morgan fingerprint density at radius 1 is 1.14 bits per heavy atom. The lowest BCUT2D eigenvalue weighted by Crippen LogP contribution is -2.45. The molecule has 0 aliphatic carbocycles. The molecule has 0 saturated carbocycles. The Kier molecular flexibility index (Phi) is 5.25. The number of pyridine rings is 1. The second-order valence-corrected chi connectivity index (χ2v) is 7.19. The minimum Gasteiger partial charge on any atom is -0.497 e. The maximum Gasteiger partial charge on any atom is 0.241 e. The summed E-state index contributed by atoms with van der Waals surface area (Å²) < 4.78 is 7.22. The third-order valence-electron chi connectivity index (χ3n) is 5.52. The normalized spacial score (nSPS) is 16.8. The first-order chi connectivity index (χ1) is 13.7. The molecule has 1 N–H and O–H groups in total. The molecule has 1 aromatic carbocycles. The van der Waals surface area contributed by atoms with Crippen molar-refractivity contribution >= 4 is 17.2 Å². The van der Waals surface area contributed by atoms with E-state index >= 15 is 0 Å². The smallest absolute Gasteiger partial charge is 0.241 e. The van der Waals surface area contributed by atoms with Crippen LogP contribution < -0.4 is 10.1 Å². The number of aromatic nitrogens is 3.